The summed E-state index contributed by atoms with van der Waals surface area (Å²) < 4.78 is 0. The van der Waals surface area contributed by atoms with Crippen LogP contribution in [0.15, 0.2) is 12.7 Å². The van der Waals surface area contributed by atoms with Gasteiger partial charge in [0.15, 0.2) is 0 Å². The van der Waals surface area contributed by atoms with Crippen LogP contribution >= 0.6 is 0 Å². The van der Waals surface area contributed by atoms with Crippen LogP contribution in [-0.2, 0) is 0 Å². The molecule has 0 aromatic rings. The summed E-state index contributed by atoms with van der Waals surface area (Å²) in [6.45, 7) is 6.04. The molecule has 0 aliphatic rings. The van der Waals surface area contributed by atoms with Crippen molar-refractivity contribution in [1.82, 2.24) is 0 Å². The summed E-state index contributed by atoms with van der Waals surface area (Å²) in [6.07, 6.45) is 22.0. The van der Waals surface area contributed by atoms with Gasteiger partial charge in [-0.25, -0.2) is 0 Å². The number of hydrogen-bond donors (Lipinski definition) is 1. The molecular weight excluding hydrogens is 232 g/mol. The van der Waals surface area contributed by atoms with E-state index in [9.17, 15) is 0 Å². The number of hydrogen-bond acceptors (Lipinski definition) is 1. The summed E-state index contributed by atoms with van der Waals surface area (Å²) in [5.74, 6) is 0. The third-order valence-corrected chi connectivity index (χ3v) is 3.51. The van der Waals surface area contributed by atoms with Gasteiger partial charge in [-0.1, -0.05) is 90.0 Å². The van der Waals surface area contributed by atoms with Crippen LogP contribution in [0.3, 0.4) is 0 Å². The molecule has 0 unspecified atom stereocenters. The Bertz CT molecular complexity index is 143. The molecule has 0 rings (SSSR count). The van der Waals surface area contributed by atoms with E-state index >= 15 is 0 Å². The average Bonchev–Trinajstić information content (AvgIpc) is 2.46. The van der Waals surface area contributed by atoms with Crippen molar-refractivity contribution in [1.29, 1.82) is 0 Å². The van der Waals surface area contributed by atoms with Crippen LogP contribution < -0.4 is 0 Å². The van der Waals surface area contributed by atoms with E-state index in [1.165, 1.54) is 89.9 Å². The second kappa shape index (κ2) is 22.8. The normalized spacial score (nSPS) is 9.84. The molecule has 1 heteroatoms. The standard InChI is InChI=1S/C17H34.CH4O/c1-3-5-7-9-11-13-15-17-16-14-12-10-8-6-4-2;1-2/h3H,1,4-17H2,2H3;2H,1H3. The second-order valence-electron chi connectivity index (χ2n) is 5.32. The molecule has 0 heterocycles. The summed E-state index contributed by atoms with van der Waals surface area (Å²) in [6, 6.07) is 0. The van der Waals surface area contributed by atoms with Gasteiger partial charge in [0.05, 0.1) is 0 Å². The predicted molar refractivity (Wildman–Crippen MR) is 88.7 cm³/mol. The van der Waals surface area contributed by atoms with E-state index in [-0.39, 0.29) is 0 Å². The summed E-state index contributed by atoms with van der Waals surface area (Å²) in [5, 5.41) is 7.00. The zero-order chi connectivity index (χ0) is 14.6. The highest BCUT2D eigenvalue weighted by Gasteiger charge is 1.93. The van der Waals surface area contributed by atoms with Gasteiger partial charge >= 0.3 is 0 Å². The lowest BCUT2D eigenvalue weighted by Gasteiger charge is -2.02. The molecule has 0 atom stereocenters. The summed E-state index contributed by atoms with van der Waals surface area (Å²) >= 11 is 0. The Morgan fingerprint density at radius 3 is 1.26 bits per heavy atom. The fourth-order valence-corrected chi connectivity index (χ4v) is 2.31. The molecule has 19 heavy (non-hydrogen) atoms. The minimum Gasteiger partial charge on any atom is -0.400 e. The Hall–Kier alpha value is -0.300. The maximum atomic E-state index is 7.00. The van der Waals surface area contributed by atoms with E-state index < -0.39 is 0 Å². The number of allylic oxidation sites excluding steroid dienone is 1. The molecule has 0 fully saturated rings. The number of aliphatic hydroxyl groups excluding tert-OH is 1. The second-order valence-corrected chi connectivity index (χ2v) is 5.32. The zero-order valence-corrected chi connectivity index (χ0v) is 13.6. The Morgan fingerprint density at radius 2 is 0.947 bits per heavy atom. The minimum absolute atomic E-state index is 1.00. The Balaban J connectivity index is 0. The van der Waals surface area contributed by atoms with Crippen LogP contribution in [0.2, 0.25) is 0 Å². The number of rotatable bonds is 14. The van der Waals surface area contributed by atoms with Crippen molar-refractivity contribution < 1.29 is 5.11 Å². The molecule has 0 aromatic heterocycles. The van der Waals surface area contributed by atoms with Crippen molar-refractivity contribution in [2.24, 2.45) is 0 Å². The summed E-state index contributed by atoms with van der Waals surface area (Å²) in [7, 11) is 1.00. The smallest absolute Gasteiger partial charge is 0.0319 e. The lowest BCUT2D eigenvalue weighted by atomic mass is 10.0. The van der Waals surface area contributed by atoms with Crippen molar-refractivity contribution in [2.75, 3.05) is 7.11 Å². The fourth-order valence-electron chi connectivity index (χ4n) is 2.31. The van der Waals surface area contributed by atoms with Crippen LogP contribution in [0.1, 0.15) is 96.8 Å². The van der Waals surface area contributed by atoms with E-state index in [0.29, 0.717) is 0 Å². The number of unbranched alkanes of at least 4 members (excludes halogenated alkanes) is 13. The lowest BCUT2D eigenvalue weighted by Crippen LogP contribution is -1.82. The Morgan fingerprint density at radius 1 is 0.632 bits per heavy atom. The van der Waals surface area contributed by atoms with Crippen molar-refractivity contribution >= 4 is 0 Å². The maximum Gasteiger partial charge on any atom is 0.0319 e. The first-order valence-electron chi connectivity index (χ1n) is 8.47. The van der Waals surface area contributed by atoms with Gasteiger partial charge in [-0.2, -0.15) is 0 Å². The summed E-state index contributed by atoms with van der Waals surface area (Å²) in [4.78, 5) is 0. The van der Waals surface area contributed by atoms with E-state index in [1.807, 2.05) is 6.08 Å². The van der Waals surface area contributed by atoms with Crippen molar-refractivity contribution in [3.8, 4) is 0 Å². The first kappa shape index (κ1) is 21.0. The first-order chi connectivity index (χ1) is 9.41. The van der Waals surface area contributed by atoms with Crippen molar-refractivity contribution in [2.45, 2.75) is 96.8 Å². The minimum atomic E-state index is 1.00. The van der Waals surface area contributed by atoms with Gasteiger partial charge < -0.3 is 5.11 Å². The fraction of sp³-hybridized carbons (Fsp3) is 0.889. The molecular formula is C18H38O. The maximum absolute atomic E-state index is 7.00. The Kier molecular flexibility index (Phi) is 25.3. The van der Waals surface area contributed by atoms with Crippen LogP contribution in [0, 0.1) is 0 Å². The largest absolute Gasteiger partial charge is 0.400 e. The molecule has 0 aliphatic carbocycles. The number of aliphatic hydroxyl groups is 1. The topological polar surface area (TPSA) is 20.2 Å². The van der Waals surface area contributed by atoms with E-state index in [1.54, 1.807) is 0 Å². The molecule has 0 aliphatic heterocycles. The highest BCUT2D eigenvalue weighted by Crippen LogP contribution is 2.12. The monoisotopic (exact) mass is 270 g/mol. The SMILES string of the molecule is C=CCCCCCCCCCCCCCCC.CO. The van der Waals surface area contributed by atoms with Crippen molar-refractivity contribution in [3.63, 3.8) is 0 Å². The third-order valence-electron chi connectivity index (χ3n) is 3.51. The van der Waals surface area contributed by atoms with Gasteiger partial charge in [-0.3, -0.25) is 0 Å². The van der Waals surface area contributed by atoms with Gasteiger partial charge in [0.1, 0.15) is 0 Å². The average molecular weight is 271 g/mol. The molecule has 116 valence electrons. The molecule has 1 N–H and O–H groups in total. The molecule has 0 saturated carbocycles. The van der Waals surface area contributed by atoms with E-state index in [2.05, 4.69) is 13.5 Å². The molecule has 0 saturated heterocycles. The highest BCUT2D eigenvalue weighted by atomic mass is 16.2. The molecule has 0 radical (unpaired) electrons. The van der Waals surface area contributed by atoms with Crippen LogP contribution in [0.4, 0.5) is 0 Å². The van der Waals surface area contributed by atoms with E-state index in [0.717, 1.165) is 7.11 Å². The van der Waals surface area contributed by atoms with Gasteiger partial charge in [-0.05, 0) is 12.8 Å². The Labute approximate surface area is 122 Å². The van der Waals surface area contributed by atoms with Gasteiger partial charge in [-0.15, -0.1) is 6.58 Å². The van der Waals surface area contributed by atoms with Gasteiger partial charge in [0.25, 0.3) is 0 Å². The molecule has 1 nitrogen and oxygen atoms in total. The lowest BCUT2D eigenvalue weighted by molar-refractivity contribution is 0.399. The summed E-state index contributed by atoms with van der Waals surface area (Å²) in [5.41, 5.74) is 0. The van der Waals surface area contributed by atoms with Crippen LogP contribution in [0.5, 0.6) is 0 Å². The quantitative estimate of drug-likeness (QED) is 0.291. The van der Waals surface area contributed by atoms with Gasteiger partial charge in [0, 0.05) is 7.11 Å². The molecule has 0 aromatic carbocycles. The third kappa shape index (κ3) is 23.2. The first-order valence-corrected chi connectivity index (χ1v) is 8.47. The molecule has 0 amide bonds. The van der Waals surface area contributed by atoms with E-state index in [4.69, 9.17) is 5.11 Å². The van der Waals surface area contributed by atoms with Crippen molar-refractivity contribution in [3.05, 3.63) is 12.7 Å². The predicted octanol–water partition coefficient (Wildman–Crippen LogP) is 6.26. The van der Waals surface area contributed by atoms with Gasteiger partial charge in [0.2, 0.25) is 0 Å². The van der Waals surface area contributed by atoms with Crippen LogP contribution in [0.25, 0.3) is 0 Å². The molecule has 0 bridgehead atoms. The van der Waals surface area contributed by atoms with Crippen LogP contribution in [-0.4, -0.2) is 12.2 Å². The zero-order valence-electron chi connectivity index (χ0n) is 13.6. The highest BCUT2D eigenvalue weighted by molar-refractivity contribution is 4.65. The molecule has 0 spiro atoms.